The van der Waals surface area contributed by atoms with E-state index in [1.54, 1.807) is 18.2 Å². The molecule has 1 aromatic carbocycles. The Bertz CT molecular complexity index is 754. The summed E-state index contributed by atoms with van der Waals surface area (Å²) in [6, 6.07) is 3.69. The zero-order chi connectivity index (χ0) is 22.3. The topological polar surface area (TPSA) is 66.4 Å². The Morgan fingerprint density at radius 3 is 2.39 bits per heavy atom. The summed E-state index contributed by atoms with van der Waals surface area (Å²) in [5.74, 6) is 0.545. The molecule has 1 aliphatic rings. The van der Waals surface area contributed by atoms with Crippen molar-refractivity contribution >= 4 is 35.9 Å². The minimum Gasteiger partial charge on any atom is -0.496 e. The Morgan fingerprint density at radius 1 is 1.23 bits per heavy atom. The molecule has 1 heterocycles. The predicted molar refractivity (Wildman–Crippen MR) is 123 cm³/mol. The molecule has 0 spiro atoms. The molecule has 176 valence electrons. The van der Waals surface area contributed by atoms with Gasteiger partial charge in [-0.1, -0.05) is 6.07 Å². The van der Waals surface area contributed by atoms with Crippen LogP contribution < -0.4 is 10.1 Å². The Balaban J connectivity index is 0.00000480. The van der Waals surface area contributed by atoms with Crippen LogP contribution in [0.3, 0.4) is 0 Å². The average Bonchev–Trinajstić information content (AvgIpc) is 2.74. The maximum Gasteiger partial charge on any atom is 0.403 e. The minimum atomic E-state index is -4.23. The quantitative estimate of drug-likeness (QED) is 0.251. The molecule has 0 saturated carbocycles. The van der Waals surface area contributed by atoms with E-state index in [1.165, 1.54) is 26.0 Å². The first-order chi connectivity index (χ1) is 14.2. The maximum atomic E-state index is 13.0. The normalized spacial score (nSPS) is 16.4. The largest absolute Gasteiger partial charge is 0.496 e. The monoisotopic (exact) mass is 558 g/mol. The molecule has 0 aromatic heterocycles. The van der Waals surface area contributed by atoms with Gasteiger partial charge in [-0.3, -0.25) is 4.90 Å². The van der Waals surface area contributed by atoms with Crippen LogP contribution in [0.25, 0.3) is 0 Å². The number of ether oxygens (including phenoxy) is 2. The van der Waals surface area contributed by atoms with E-state index in [9.17, 15) is 18.0 Å². The van der Waals surface area contributed by atoms with Crippen LogP contribution in [0.15, 0.2) is 23.2 Å². The van der Waals surface area contributed by atoms with Crippen LogP contribution in [0.4, 0.5) is 13.2 Å². The van der Waals surface area contributed by atoms with Crippen molar-refractivity contribution in [1.29, 1.82) is 0 Å². The van der Waals surface area contributed by atoms with Gasteiger partial charge in [0.15, 0.2) is 5.96 Å². The van der Waals surface area contributed by atoms with Crippen LogP contribution >= 0.6 is 24.0 Å². The van der Waals surface area contributed by atoms with Gasteiger partial charge >= 0.3 is 12.1 Å². The van der Waals surface area contributed by atoms with Crippen LogP contribution in [-0.2, 0) is 11.3 Å². The number of piperazine rings is 1. The number of benzene rings is 1. The fourth-order valence-corrected chi connectivity index (χ4v) is 3.24. The lowest BCUT2D eigenvalue weighted by molar-refractivity contribution is -0.181. The zero-order valence-corrected chi connectivity index (χ0v) is 20.5. The summed E-state index contributed by atoms with van der Waals surface area (Å²) in [6.45, 7) is 5.56. The number of carbonyl (C=O) groups excluding carboxylic acids is 1. The van der Waals surface area contributed by atoms with Crippen molar-refractivity contribution in [3.63, 3.8) is 0 Å². The molecule has 0 bridgehead atoms. The van der Waals surface area contributed by atoms with Gasteiger partial charge in [-0.2, -0.15) is 13.2 Å². The molecule has 11 heteroatoms. The molecule has 1 aromatic rings. The number of hydrogen-bond acceptors (Lipinski definition) is 5. The Labute approximate surface area is 198 Å². The zero-order valence-electron chi connectivity index (χ0n) is 18.2. The molecule has 0 radical (unpaired) electrons. The second kappa shape index (κ2) is 12.3. The van der Waals surface area contributed by atoms with Crippen molar-refractivity contribution in [2.75, 3.05) is 46.9 Å². The van der Waals surface area contributed by atoms with Crippen molar-refractivity contribution in [3.05, 3.63) is 29.3 Å². The number of nitrogens with zero attached hydrogens (tertiary/aromatic N) is 3. The highest BCUT2D eigenvalue weighted by Gasteiger charge is 2.41. The molecule has 1 aliphatic heterocycles. The smallest absolute Gasteiger partial charge is 0.403 e. The minimum absolute atomic E-state index is 0. The van der Waals surface area contributed by atoms with Crippen LogP contribution in [0.2, 0.25) is 0 Å². The number of aliphatic imine (C=N–C) groups is 1. The molecular formula is C20H30F3IN4O3. The summed E-state index contributed by atoms with van der Waals surface area (Å²) in [5, 5.41) is 3.19. The molecule has 1 fully saturated rings. The van der Waals surface area contributed by atoms with Gasteiger partial charge < -0.3 is 19.7 Å². The van der Waals surface area contributed by atoms with Crippen LogP contribution in [0.5, 0.6) is 5.75 Å². The van der Waals surface area contributed by atoms with E-state index in [0.29, 0.717) is 56.5 Å². The molecule has 0 aliphatic carbocycles. The number of rotatable bonds is 6. The summed E-state index contributed by atoms with van der Waals surface area (Å²) < 4.78 is 48.8. The van der Waals surface area contributed by atoms with Gasteiger partial charge in [0.25, 0.3) is 0 Å². The fraction of sp³-hybridized carbons (Fsp3) is 0.600. The lowest BCUT2D eigenvalue weighted by Crippen LogP contribution is -2.56. The Morgan fingerprint density at radius 2 is 1.87 bits per heavy atom. The molecule has 1 N–H and O–H groups in total. The standard InChI is InChI=1S/C20H29F3N4O3.HI/c1-5-24-19(27-10-8-26(9-11-27)14(2)20(21,22)23)25-13-15-6-7-17(29-3)16(12-15)18(28)30-4;/h6-7,12,14H,5,8-11,13H2,1-4H3,(H,24,25);1H. The van der Waals surface area contributed by atoms with Crippen LogP contribution in [0, 0.1) is 0 Å². The first kappa shape index (κ1) is 27.3. The highest BCUT2D eigenvalue weighted by Crippen LogP contribution is 2.25. The van der Waals surface area contributed by atoms with E-state index >= 15 is 0 Å². The average molecular weight is 558 g/mol. The number of halogens is 4. The lowest BCUT2D eigenvalue weighted by atomic mass is 10.1. The second-order valence-electron chi connectivity index (χ2n) is 6.94. The first-order valence-corrected chi connectivity index (χ1v) is 9.80. The third-order valence-corrected chi connectivity index (χ3v) is 5.05. The van der Waals surface area contributed by atoms with E-state index in [4.69, 9.17) is 9.47 Å². The molecular weight excluding hydrogens is 528 g/mol. The molecule has 1 saturated heterocycles. The number of alkyl halides is 3. The highest BCUT2D eigenvalue weighted by molar-refractivity contribution is 14.0. The molecule has 31 heavy (non-hydrogen) atoms. The first-order valence-electron chi connectivity index (χ1n) is 9.80. The molecule has 0 amide bonds. The van der Waals surface area contributed by atoms with Crippen molar-refractivity contribution in [2.24, 2.45) is 4.99 Å². The fourth-order valence-electron chi connectivity index (χ4n) is 3.24. The lowest BCUT2D eigenvalue weighted by Gasteiger charge is -2.39. The Hall–Kier alpha value is -1.76. The van der Waals surface area contributed by atoms with Gasteiger partial charge in [0, 0.05) is 32.7 Å². The number of hydrogen-bond donors (Lipinski definition) is 1. The van der Waals surface area contributed by atoms with E-state index in [1.807, 2.05) is 11.8 Å². The summed E-state index contributed by atoms with van der Waals surface area (Å²) in [5.41, 5.74) is 1.10. The number of esters is 1. The molecule has 7 nitrogen and oxygen atoms in total. The van der Waals surface area contributed by atoms with E-state index in [0.717, 1.165) is 5.56 Å². The van der Waals surface area contributed by atoms with Crippen LogP contribution in [-0.4, -0.2) is 80.9 Å². The Kier molecular flexibility index (Phi) is 10.8. The molecule has 2 rings (SSSR count). The number of carbonyl (C=O) groups is 1. The van der Waals surface area contributed by atoms with Crippen molar-refractivity contribution in [2.45, 2.75) is 32.6 Å². The maximum absolute atomic E-state index is 13.0. The molecule has 1 atom stereocenters. The van der Waals surface area contributed by atoms with E-state index in [2.05, 4.69) is 10.3 Å². The number of methoxy groups -OCH3 is 2. The van der Waals surface area contributed by atoms with E-state index < -0.39 is 18.2 Å². The summed E-state index contributed by atoms with van der Waals surface area (Å²) in [6.07, 6.45) is -4.23. The summed E-state index contributed by atoms with van der Waals surface area (Å²) in [7, 11) is 2.78. The van der Waals surface area contributed by atoms with Gasteiger partial charge in [0.1, 0.15) is 17.4 Å². The van der Waals surface area contributed by atoms with Crippen molar-refractivity contribution in [3.8, 4) is 5.75 Å². The van der Waals surface area contributed by atoms with Gasteiger partial charge in [-0.25, -0.2) is 9.79 Å². The number of nitrogens with one attached hydrogen (secondary N) is 1. The van der Waals surface area contributed by atoms with Crippen LogP contribution in [0.1, 0.15) is 29.8 Å². The van der Waals surface area contributed by atoms with Crippen molar-refractivity contribution < 1.29 is 27.4 Å². The van der Waals surface area contributed by atoms with Crippen molar-refractivity contribution in [1.82, 2.24) is 15.1 Å². The van der Waals surface area contributed by atoms with Gasteiger partial charge in [-0.15, -0.1) is 24.0 Å². The third kappa shape index (κ3) is 7.41. The highest BCUT2D eigenvalue weighted by atomic mass is 127. The van der Waals surface area contributed by atoms with Gasteiger partial charge in [0.2, 0.25) is 0 Å². The van der Waals surface area contributed by atoms with Gasteiger partial charge in [0.05, 0.1) is 20.8 Å². The van der Waals surface area contributed by atoms with E-state index in [-0.39, 0.29) is 24.0 Å². The third-order valence-electron chi connectivity index (χ3n) is 5.05. The van der Waals surface area contributed by atoms with Gasteiger partial charge in [-0.05, 0) is 31.5 Å². The second-order valence-corrected chi connectivity index (χ2v) is 6.94. The predicted octanol–water partition coefficient (Wildman–Crippen LogP) is 3.13. The summed E-state index contributed by atoms with van der Waals surface area (Å²) in [4.78, 5) is 19.9. The molecule has 1 unspecified atom stereocenters. The SMILES string of the molecule is CCNC(=NCc1ccc(OC)c(C(=O)OC)c1)N1CCN(C(C)C(F)(F)F)CC1.I. The summed E-state index contributed by atoms with van der Waals surface area (Å²) >= 11 is 0. The number of guanidine groups is 1.